The molecule has 2 aliphatic heterocycles. The van der Waals surface area contributed by atoms with E-state index in [4.69, 9.17) is 5.73 Å². The number of H-pyrrole nitrogens is 1. The molecule has 1 aromatic heterocycles. The molecule has 27 heavy (non-hydrogen) atoms. The summed E-state index contributed by atoms with van der Waals surface area (Å²) in [6.45, 7) is 5.87. The zero-order chi connectivity index (χ0) is 18.8. The van der Waals surface area contributed by atoms with E-state index in [0.29, 0.717) is 12.5 Å². The number of hydrogen-bond acceptors (Lipinski definition) is 5. The number of piperidine rings is 1. The minimum atomic E-state index is -0.482. The van der Waals surface area contributed by atoms with Gasteiger partial charge in [-0.15, -0.1) is 0 Å². The molecule has 0 spiro atoms. The molecule has 3 heterocycles. The lowest BCUT2D eigenvalue weighted by Crippen LogP contribution is -2.56. The summed E-state index contributed by atoms with van der Waals surface area (Å²) in [5.74, 6) is 0.0744. The normalized spacial score (nSPS) is 21.6. The van der Waals surface area contributed by atoms with Crippen LogP contribution in [0.15, 0.2) is 24.4 Å². The molecule has 2 fully saturated rings. The van der Waals surface area contributed by atoms with Gasteiger partial charge in [0.05, 0.1) is 17.8 Å². The van der Waals surface area contributed by atoms with Crippen LogP contribution in [0.4, 0.5) is 0 Å². The number of piperazine rings is 1. The van der Waals surface area contributed by atoms with Crippen molar-refractivity contribution in [2.45, 2.75) is 31.3 Å². The third kappa shape index (κ3) is 4.15. The van der Waals surface area contributed by atoms with Crippen molar-refractivity contribution in [1.29, 1.82) is 0 Å². The number of carbonyl (C=O) groups excluding carboxylic acids is 1. The molecule has 3 N–H and O–H groups in total. The molecule has 7 nitrogen and oxygen atoms in total. The van der Waals surface area contributed by atoms with Crippen LogP contribution in [0.5, 0.6) is 0 Å². The van der Waals surface area contributed by atoms with Gasteiger partial charge in [0.2, 0.25) is 5.91 Å². The molecule has 2 saturated heterocycles. The zero-order valence-electron chi connectivity index (χ0n) is 16.1. The number of rotatable bonds is 4. The Morgan fingerprint density at radius 3 is 2.70 bits per heavy atom. The number of carbonyl (C=O) groups is 1. The van der Waals surface area contributed by atoms with E-state index in [1.165, 1.54) is 25.9 Å². The molecule has 0 radical (unpaired) electrons. The van der Waals surface area contributed by atoms with Crippen LogP contribution in [0.3, 0.4) is 0 Å². The van der Waals surface area contributed by atoms with E-state index in [1.807, 2.05) is 17.0 Å². The van der Waals surface area contributed by atoms with Gasteiger partial charge in [0.25, 0.3) is 0 Å². The number of likely N-dealkylation sites (tertiary alicyclic amines) is 1. The number of hydrogen-bond donors (Lipinski definition) is 2. The Balaban J connectivity index is 1.29. The SMILES string of the molecule is CN1CCC(N2CCN(C(=O)C(N)Cc3ccc4[nH]ncc4c3)CC2)CC1. The summed E-state index contributed by atoms with van der Waals surface area (Å²) in [5.41, 5.74) is 8.34. The van der Waals surface area contributed by atoms with E-state index in [0.717, 1.165) is 42.6 Å². The molecule has 1 aromatic carbocycles. The van der Waals surface area contributed by atoms with Gasteiger partial charge in [0, 0.05) is 37.6 Å². The van der Waals surface area contributed by atoms with Crippen molar-refractivity contribution in [2.75, 3.05) is 46.3 Å². The van der Waals surface area contributed by atoms with Crippen molar-refractivity contribution < 1.29 is 4.79 Å². The van der Waals surface area contributed by atoms with Crippen LogP contribution < -0.4 is 5.73 Å². The van der Waals surface area contributed by atoms with Crippen LogP contribution in [-0.4, -0.2) is 89.2 Å². The second-order valence-electron chi connectivity index (χ2n) is 8.00. The molecule has 0 aliphatic carbocycles. The highest BCUT2D eigenvalue weighted by Crippen LogP contribution is 2.18. The van der Waals surface area contributed by atoms with E-state index < -0.39 is 6.04 Å². The van der Waals surface area contributed by atoms with Gasteiger partial charge < -0.3 is 15.5 Å². The van der Waals surface area contributed by atoms with Gasteiger partial charge in [0.1, 0.15) is 0 Å². The Hall–Kier alpha value is -1.96. The molecule has 2 aliphatic rings. The first-order valence-electron chi connectivity index (χ1n) is 9.99. The Kier molecular flexibility index (Phi) is 5.43. The molecule has 7 heteroatoms. The topological polar surface area (TPSA) is 81.5 Å². The summed E-state index contributed by atoms with van der Waals surface area (Å²) in [4.78, 5) is 19.7. The summed E-state index contributed by atoms with van der Waals surface area (Å²) in [5, 5.41) is 8.04. The third-order valence-electron chi connectivity index (χ3n) is 6.11. The first-order valence-corrected chi connectivity index (χ1v) is 9.99. The fourth-order valence-corrected chi connectivity index (χ4v) is 4.36. The molecule has 1 amide bonds. The number of amides is 1. The second kappa shape index (κ2) is 7.96. The van der Waals surface area contributed by atoms with E-state index in [2.05, 4.69) is 33.1 Å². The van der Waals surface area contributed by atoms with Crippen LogP contribution >= 0.6 is 0 Å². The highest BCUT2D eigenvalue weighted by molar-refractivity contribution is 5.83. The van der Waals surface area contributed by atoms with E-state index in [1.54, 1.807) is 6.20 Å². The summed E-state index contributed by atoms with van der Waals surface area (Å²) >= 11 is 0. The Morgan fingerprint density at radius 1 is 1.22 bits per heavy atom. The lowest BCUT2D eigenvalue weighted by atomic mass is 10.0. The van der Waals surface area contributed by atoms with E-state index in [-0.39, 0.29) is 5.91 Å². The van der Waals surface area contributed by atoms with E-state index >= 15 is 0 Å². The van der Waals surface area contributed by atoms with Crippen molar-refractivity contribution in [3.05, 3.63) is 30.0 Å². The predicted octanol–water partition coefficient (Wildman–Crippen LogP) is 0.671. The maximum atomic E-state index is 12.8. The number of nitrogens with zero attached hydrogens (tertiary/aromatic N) is 4. The summed E-state index contributed by atoms with van der Waals surface area (Å²) < 4.78 is 0. The standard InChI is InChI=1S/C20H30N6O/c1-24-6-4-17(5-7-24)25-8-10-26(11-9-25)20(27)18(21)13-15-2-3-19-16(12-15)14-22-23-19/h2-3,12,14,17-18H,4-11,13,21H2,1H3,(H,22,23). The molecule has 1 atom stereocenters. The smallest absolute Gasteiger partial charge is 0.239 e. The molecular formula is C20H30N6O. The quantitative estimate of drug-likeness (QED) is 0.827. The molecule has 1 unspecified atom stereocenters. The van der Waals surface area contributed by atoms with Gasteiger partial charge in [-0.1, -0.05) is 6.07 Å². The predicted molar refractivity (Wildman–Crippen MR) is 106 cm³/mol. The van der Waals surface area contributed by atoms with Crippen molar-refractivity contribution in [2.24, 2.45) is 5.73 Å². The Labute approximate surface area is 160 Å². The van der Waals surface area contributed by atoms with Crippen molar-refractivity contribution >= 4 is 16.8 Å². The van der Waals surface area contributed by atoms with Gasteiger partial charge in [-0.2, -0.15) is 5.10 Å². The van der Waals surface area contributed by atoms with Crippen molar-refractivity contribution in [1.82, 2.24) is 24.9 Å². The number of aromatic nitrogens is 2. The molecule has 0 saturated carbocycles. The van der Waals surface area contributed by atoms with Crippen molar-refractivity contribution in [3.63, 3.8) is 0 Å². The minimum absolute atomic E-state index is 0.0744. The lowest BCUT2D eigenvalue weighted by Gasteiger charge is -2.42. The van der Waals surface area contributed by atoms with Crippen molar-refractivity contribution in [3.8, 4) is 0 Å². The number of fused-ring (bicyclic) bond motifs is 1. The van der Waals surface area contributed by atoms with Crippen LogP contribution in [0.2, 0.25) is 0 Å². The second-order valence-corrected chi connectivity index (χ2v) is 8.00. The number of nitrogens with two attached hydrogens (primary N) is 1. The highest BCUT2D eigenvalue weighted by Gasteiger charge is 2.29. The Morgan fingerprint density at radius 2 is 1.96 bits per heavy atom. The third-order valence-corrected chi connectivity index (χ3v) is 6.11. The largest absolute Gasteiger partial charge is 0.339 e. The first kappa shape index (κ1) is 18.4. The first-order chi connectivity index (χ1) is 13.1. The van der Waals surface area contributed by atoms with Crippen LogP contribution in [0.25, 0.3) is 10.9 Å². The van der Waals surface area contributed by atoms with Gasteiger partial charge in [-0.3, -0.25) is 14.8 Å². The Bertz CT molecular complexity index is 774. The summed E-state index contributed by atoms with van der Waals surface area (Å²) in [7, 11) is 2.19. The summed E-state index contributed by atoms with van der Waals surface area (Å²) in [6.07, 6.45) is 4.84. The highest BCUT2D eigenvalue weighted by atomic mass is 16.2. The molecule has 146 valence electrons. The van der Waals surface area contributed by atoms with Gasteiger partial charge in [0.15, 0.2) is 0 Å². The molecule has 2 aromatic rings. The number of nitrogens with one attached hydrogen (secondary N) is 1. The van der Waals surface area contributed by atoms with Crippen LogP contribution in [0, 0.1) is 0 Å². The van der Waals surface area contributed by atoms with E-state index in [9.17, 15) is 4.79 Å². The molecule has 0 bridgehead atoms. The lowest BCUT2D eigenvalue weighted by molar-refractivity contribution is -0.134. The van der Waals surface area contributed by atoms with Gasteiger partial charge in [-0.25, -0.2) is 0 Å². The maximum absolute atomic E-state index is 12.8. The fraction of sp³-hybridized carbons (Fsp3) is 0.600. The fourth-order valence-electron chi connectivity index (χ4n) is 4.36. The van der Waals surface area contributed by atoms with Gasteiger partial charge in [-0.05, 0) is 57.1 Å². The average molecular weight is 371 g/mol. The molecular weight excluding hydrogens is 340 g/mol. The number of benzene rings is 1. The molecule has 4 rings (SSSR count). The number of aromatic amines is 1. The maximum Gasteiger partial charge on any atom is 0.239 e. The average Bonchev–Trinajstić information content (AvgIpc) is 3.16. The minimum Gasteiger partial charge on any atom is -0.339 e. The summed E-state index contributed by atoms with van der Waals surface area (Å²) in [6, 6.07) is 6.27. The monoisotopic (exact) mass is 370 g/mol. The zero-order valence-corrected chi connectivity index (χ0v) is 16.1. The van der Waals surface area contributed by atoms with Crippen LogP contribution in [-0.2, 0) is 11.2 Å². The van der Waals surface area contributed by atoms with Crippen LogP contribution in [0.1, 0.15) is 18.4 Å². The van der Waals surface area contributed by atoms with Gasteiger partial charge >= 0.3 is 0 Å².